The molecule has 3 aromatic rings. The Balaban J connectivity index is 0.00000341. The number of hydrogen-bond acceptors (Lipinski definition) is 4. The minimum Gasteiger partial charge on any atom is -0.439 e. The number of guanidine groups is 1. The number of nitrogens with one attached hydrogen (secondary N) is 2. The molecule has 0 aliphatic carbocycles. The van der Waals surface area contributed by atoms with Gasteiger partial charge < -0.3 is 15.4 Å². The molecule has 0 saturated carbocycles. The van der Waals surface area contributed by atoms with E-state index in [0.29, 0.717) is 24.7 Å². The lowest BCUT2D eigenvalue weighted by atomic mass is 10.2. The van der Waals surface area contributed by atoms with E-state index in [4.69, 9.17) is 4.74 Å². The number of aromatic nitrogens is 3. The number of halogens is 2. The minimum atomic E-state index is -0.349. The van der Waals surface area contributed by atoms with Crippen LogP contribution in [0.3, 0.4) is 0 Å². The van der Waals surface area contributed by atoms with Crippen molar-refractivity contribution in [1.82, 2.24) is 25.4 Å². The molecule has 31 heavy (non-hydrogen) atoms. The molecule has 0 unspecified atom stereocenters. The molecule has 2 aromatic heterocycles. The summed E-state index contributed by atoms with van der Waals surface area (Å²) in [7, 11) is 1.94. The van der Waals surface area contributed by atoms with Crippen molar-refractivity contribution in [3.8, 4) is 11.6 Å². The van der Waals surface area contributed by atoms with Gasteiger partial charge in [0.2, 0.25) is 5.88 Å². The molecule has 0 aliphatic rings. The molecule has 3 rings (SSSR count). The molecular formula is C22H28FIN6O. The summed E-state index contributed by atoms with van der Waals surface area (Å²) in [6, 6.07) is 9.61. The first kappa shape index (κ1) is 24.6. The highest BCUT2D eigenvalue weighted by Crippen LogP contribution is 2.20. The molecule has 9 heteroatoms. The van der Waals surface area contributed by atoms with E-state index in [1.807, 2.05) is 31.6 Å². The third-order valence-electron chi connectivity index (χ3n) is 4.67. The maximum Gasteiger partial charge on any atom is 0.219 e. The number of nitrogens with zero attached hydrogens (tertiary/aromatic N) is 4. The average Bonchev–Trinajstić information content (AvgIpc) is 2.96. The zero-order valence-electron chi connectivity index (χ0n) is 18.1. The molecule has 0 radical (unpaired) electrons. The largest absolute Gasteiger partial charge is 0.439 e. The van der Waals surface area contributed by atoms with E-state index in [1.54, 1.807) is 24.4 Å². The second kappa shape index (κ2) is 11.6. The highest BCUT2D eigenvalue weighted by Gasteiger charge is 2.09. The van der Waals surface area contributed by atoms with Crippen LogP contribution in [0.5, 0.6) is 11.6 Å². The molecule has 0 saturated heterocycles. The van der Waals surface area contributed by atoms with Crippen LogP contribution >= 0.6 is 24.0 Å². The van der Waals surface area contributed by atoms with Gasteiger partial charge in [-0.15, -0.1) is 24.0 Å². The van der Waals surface area contributed by atoms with Crippen molar-refractivity contribution in [2.45, 2.75) is 33.9 Å². The number of rotatable bonds is 7. The van der Waals surface area contributed by atoms with Crippen LogP contribution in [-0.4, -0.2) is 27.3 Å². The zero-order chi connectivity index (χ0) is 21.5. The number of ether oxygens (including phenoxy) is 1. The Labute approximate surface area is 199 Å². The fourth-order valence-corrected chi connectivity index (χ4v) is 2.97. The Morgan fingerprint density at radius 1 is 1.19 bits per heavy atom. The van der Waals surface area contributed by atoms with Crippen molar-refractivity contribution in [1.29, 1.82) is 0 Å². The van der Waals surface area contributed by atoms with Gasteiger partial charge in [-0.25, -0.2) is 14.4 Å². The van der Waals surface area contributed by atoms with Crippen molar-refractivity contribution in [2.75, 3.05) is 6.54 Å². The van der Waals surface area contributed by atoms with E-state index in [9.17, 15) is 4.39 Å². The molecule has 166 valence electrons. The van der Waals surface area contributed by atoms with Crippen molar-refractivity contribution in [3.05, 3.63) is 70.9 Å². The number of aliphatic imine (C=N–C) groups is 1. The summed E-state index contributed by atoms with van der Waals surface area (Å²) in [5.41, 5.74) is 4.25. The monoisotopic (exact) mass is 538 g/mol. The summed E-state index contributed by atoms with van der Waals surface area (Å²) in [5, 5.41) is 11.1. The van der Waals surface area contributed by atoms with Gasteiger partial charge in [0.15, 0.2) is 5.96 Å². The van der Waals surface area contributed by atoms with Gasteiger partial charge in [-0.3, -0.25) is 4.68 Å². The molecule has 0 fully saturated rings. The second-order valence-corrected chi connectivity index (χ2v) is 6.89. The Morgan fingerprint density at radius 2 is 2.00 bits per heavy atom. The zero-order valence-corrected chi connectivity index (χ0v) is 20.5. The van der Waals surface area contributed by atoms with E-state index >= 15 is 0 Å². The molecule has 7 nitrogen and oxygen atoms in total. The van der Waals surface area contributed by atoms with E-state index in [1.165, 1.54) is 17.7 Å². The third-order valence-corrected chi connectivity index (χ3v) is 4.67. The normalized spacial score (nSPS) is 11.1. The van der Waals surface area contributed by atoms with E-state index < -0.39 is 0 Å². The number of aryl methyl sites for hydroxylation is 2. The van der Waals surface area contributed by atoms with Gasteiger partial charge in [-0.2, -0.15) is 5.10 Å². The average molecular weight is 538 g/mol. The third kappa shape index (κ3) is 6.91. The SMILES string of the molecule is CCNC(=NCc1ccc(Oc2cccc(F)c2)nc1)NCc1c(C)nn(C)c1C.I. The number of hydrogen-bond donors (Lipinski definition) is 2. The van der Waals surface area contributed by atoms with E-state index in [2.05, 4.69) is 32.6 Å². The Kier molecular flexibility index (Phi) is 9.22. The van der Waals surface area contributed by atoms with Gasteiger partial charge in [0.1, 0.15) is 11.6 Å². The lowest BCUT2D eigenvalue weighted by Gasteiger charge is -2.12. The van der Waals surface area contributed by atoms with Crippen LogP contribution in [0.2, 0.25) is 0 Å². The number of pyridine rings is 1. The number of benzene rings is 1. The predicted molar refractivity (Wildman–Crippen MR) is 130 cm³/mol. The quantitative estimate of drug-likeness (QED) is 0.268. The van der Waals surface area contributed by atoms with E-state index in [-0.39, 0.29) is 29.8 Å². The molecular weight excluding hydrogens is 510 g/mol. The van der Waals surface area contributed by atoms with Gasteiger partial charge >= 0.3 is 0 Å². The van der Waals surface area contributed by atoms with Crippen LogP contribution in [-0.2, 0) is 20.1 Å². The Morgan fingerprint density at radius 3 is 2.61 bits per heavy atom. The van der Waals surface area contributed by atoms with Crippen LogP contribution in [0.4, 0.5) is 4.39 Å². The van der Waals surface area contributed by atoms with Crippen molar-refractivity contribution < 1.29 is 9.13 Å². The molecule has 0 aliphatic heterocycles. The standard InChI is InChI=1S/C22H27FN6O.HI/c1-5-24-22(27-14-20-15(2)28-29(4)16(20)3)26-13-17-9-10-21(25-12-17)30-19-8-6-7-18(23)11-19;/h6-12H,5,13-14H2,1-4H3,(H2,24,26,27);1H. The highest BCUT2D eigenvalue weighted by atomic mass is 127. The Hall–Kier alpha value is -2.69. The first-order valence-electron chi connectivity index (χ1n) is 9.86. The van der Waals surface area contributed by atoms with Crippen LogP contribution in [0.15, 0.2) is 47.6 Å². The maximum absolute atomic E-state index is 13.3. The molecule has 0 amide bonds. The maximum atomic E-state index is 13.3. The fourth-order valence-electron chi connectivity index (χ4n) is 2.97. The first-order valence-corrected chi connectivity index (χ1v) is 9.86. The smallest absolute Gasteiger partial charge is 0.219 e. The topological polar surface area (TPSA) is 76.4 Å². The molecule has 2 heterocycles. The van der Waals surface area contributed by atoms with E-state index in [0.717, 1.165) is 29.5 Å². The summed E-state index contributed by atoms with van der Waals surface area (Å²) in [6.45, 7) is 7.96. The summed E-state index contributed by atoms with van der Waals surface area (Å²) in [6.07, 6.45) is 1.71. The molecule has 0 bridgehead atoms. The summed E-state index contributed by atoms with van der Waals surface area (Å²) < 4.78 is 20.7. The van der Waals surface area contributed by atoms with Crippen molar-refractivity contribution >= 4 is 29.9 Å². The lowest BCUT2D eigenvalue weighted by Crippen LogP contribution is -2.37. The van der Waals surface area contributed by atoms with Gasteiger partial charge in [-0.05, 0) is 38.5 Å². The van der Waals surface area contributed by atoms with Gasteiger partial charge in [0, 0.05) is 49.7 Å². The first-order chi connectivity index (χ1) is 14.5. The van der Waals surface area contributed by atoms with Crippen LogP contribution < -0.4 is 15.4 Å². The second-order valence-electron chi connectivity index (χ2n) is 6.89. The minimum absolute atomic E-state index is 0. The summed E-state index contributed by atoms with van der Waals surface area (Å²) in [4.78, 5) is 8.91. The van der Waals surface area contributed by atoms with Gasteiger partial charge in [0.05, 0.1) is 12.2 Å². The summed E-state index contributed by atoms with van der Waals surface area (Å²) >= 11 is 0. The van der Waals surface area contributed by atoms with Gasteiger partial charge in [-0.1, -0.05) is 12.1 Å². The fraction of sp³-hybridized carbons (Fsp3) is 0.318. The van der Waals surface area contributed by atoms with Crippen LogP contribution in [0, 0.1) is 19.7 Å². The van der Waals surface area contributed by atoms with Crippen LogP contribution in [0.25, 0.3) is 0 Å². The molecule has 0 atom stereocenters. The summed E-state index contributed by atoms with van der Waals surface area (Å²) in [5.74, 6) is 1.19. The van der Waals surface area contributed by atoms with Crippen molar-refractivity contribution in [2.24, 2.45) is 12.0 Å². The van der Waals surface area contributed by atoms with Crippen molar-refractivity contribution in [3.63, 3.8) is 0 Å². The molecule has 1 aromatic carbocycles. The molecule has 0 spiro atoms. The molecule has 2 N–H and O–H groups in total. The van der Waals surface area contributed by atoms with Gasteiger partial charge in [0.25, 0.3) is 0 Å². The Bertz CT molecular complexity index is 1020. The predicted octanol–water partition coefficient (Wildman–Crippen LogP) is 4.24. The highest BCUT2D eigenvalue weighted by molar-refractivity contribution is 14.0. The van der Waals surface area contributed by atoms with Crippen LogP contribution in [0.1, 0.15) is 29.4 Å². The lowest BCUT2D eigenvalue weighted by molar-refractivity contribution is 0.457.